The zero-order chi connectivity index (χ0) is 16.5. The number of hydrogen-bond donors (Lipinski definition) is 3. The zero-order valence-corrected chi connectivity index (χ0v) is 12.2. The average molecular weight is 333 g/mol. The Morgan fingerprint density at radius 1 is 1.64 bits per heavy atom. The molecule has 0 spiro atoms. The van der Waals surface area contributed by atoms with Crippen LogP contribution < -0.4 is 11.2 Å². The second-order valence-corrected chi connectivity index (χ2v) is 5.48. The van der Waals surface area contributed by atoms with Gasteiger partial charge in [0.25, 0.3) is 5.56 Å². The van der Waals surface area contributed by atoms with E-state index in [2.05, 4.69) is 11.8 Å². The number of aliphatic hydroxyl groups excluding tert-OH is 2. The number of aliphatic hydroxyl groups is 2. The van der Waals surface area contributed by atoms with Gasteiger partial charge in [0.1, 0.15) is 18.9 Å². The number of nitrogens with one attached hydrogen (secondary N) is 1. The Bertz CT molecular complexity index is 721. The molecule has 0 aliphatic carbocycles. The zero-order valence-electron chi connectivity index (χ0n) is 11.5. The number of alkyl halides is 2. The summed E-state index contributed by atoms with van der Waals surface area (Å²) in [4.78, 5) is 23.2. The number of H-pyrrole nitrogens is 1. The Balaban J connectivity index is 2.55. The Morgan fingerprint density at radius 3 is 2.86 bits per heavy atom. The minimum atomic E-state index is -1.85. The van der Waals surface area contributed by atoms with E-state index in [1.54, 1.807) is 0 Å². The van der Waals surface area contributed by atoms with Crippen molar-refractivity contribution >= 4 is 11.6 Å². The van der Waals surface area contributed by atoms with E-state index in [0.717, 1.165) is 16.8 Å². The van der Waals surface area contributed by atoms with Crippen molar-refractivity contribution in [2.24, 2.45) is 0 Å². The van der Waals surface area contributed by atoms with Crippen LogP contribution in [0.25, 0.3) is 0 Å². The summed E-state index contributed by atoms with van der Waals surface area (Å²) in [7, 11) is 0. The maximum atomic E-state index is 12.3. The van der Waals surface area contributed by atoms with E-state index < -0.39 is 47.3 Å². The number of rotatable bonds is 2. The van der Waals surface area contributed by atoms with Gasteiger partial charge in [0.2, 0.25) is 0 Å². The van der Waals surface area contributed by atoms with Gasteiger partial charge in [-0.3, -0.25) is 14.3 Å². The Morgan fingerprint density at radius 2 is 2.32 bits per heavy atom. The van der Waals surface area contributed by atoms with Gasteiger partial charge in [-0.05, 0) is 6.92 Å². The fourth-order valence-corrected chi connectivity index (χ4v) is 2.62. The third-order valence-electron chi connectivity index (χ3n) is 3.31. The van der Waals surface area contributed by atoms with Gasteiger partial charge in [-0.25, -0.2) is 9.18 Å². The molecule has 120 valence electrons. The molecule has 3 N–H and O–H groups in total. The van der Waals surface area contributed by atoms with Gasteiger partial charge >= 0.3 is 5.69 Å². The molecule has 1 fully saturated rings. The maximum Gasteiger partial charge on any atom is 0.330 e. The lowest BCUT2D eigenvalue weighted by atomic mass is 9.96. The Labute approximate surface area is 129 Å². The minimum Gasteiger partial charge on any atom is -0.391 e. The molecule has 1 saturated heterocycles. The topological polar surface area (TPSA) is 105 Å². The number of halogens is 2. The lowest BCUT2D eigenvalue weighted by Crippen LogP contribution is -2.45. The lowest BCUT2D eigenvalue weighted by molar-refractivity contribution is -0.0773. The van der Waals surface area contributed by atoms with E-state index in [9.17, 15) is 24.2 Å². The largest absolute Gasteiger partial charge is 0.391 e. The Kier molecular flexibility index (Phi) is 4.72. The van der Waals surface area contributed by atoms with Gasteiger partial charge < -0.3 is 14.9 Å². The summed E-state index contributed by atoms with van der Waals surface area (Å²) in [6, 6.07) is 1.06. The molecule has 0 aromatic carbocycles. The number of aromatic nitrogens is 2. The second kappa shape index (κ2) is 6.22. The minimum absolute atomic E-state index is 0.623. The standard InChI is InChI=1S/C13H14ClFN2O5/c1-7(18)9-10(20)13(14,4-2-5-15)11(22-9)17-6-3-8(19)16-12(17)21/h3,6-7,9-11,18,20H,5H2,1H3,(H,16,19,21)/t7-,9+,10-,11+,13?/m0/s1. The first kappa shape index (κ1) is 16.7. The molecule has 0 saturated carbocycles. The highest BCUT2D eigenvalue weighted by molar-refractivity contribution is 6.27. The average Bonchev–Trinajstić information content (AvgIpc) is 2.70. The molecule has 1 aromatic heterocycles. The lowest BCUT2D eigenvalue weighted by Gasteiger charge is -2.25. The van der Waals surface area contributed by atoms with Crippen molar-refractivity contribution in [2.45, 2.75) is 36.3 Å². The number of nitrogens with zero attached hydrogens (tertiary/aromatic N) is 1. The summed E-state index contributed by atoms with van der Waals surface area (Å²) < 4.78 is 18.7. The molecule has 0 bridgehead atoms. The van der Waals surface area contributed by atoms with Crippen LogP contribution in [0.4, 0.5) is 4.39 Å². The van der Waals surface area contributed by atoms with Crippen LogP contribution in [0.1, 0.15) is 13.2 Å². The summed E-state index contributed by atoms with van der Waals surface area (Å²) in [5, 5.41) is 19.9. The van der Waals surface area contributed by atoms with Crippen molar-refractivity contribution in [3.63, 3.8) is 0 Å². The molecule has 7 nitrogen and oxygen atoms in total. The smallest absolute Gasteiger partial charge is 0.330 e. The molecule has 5 atom stereocenters. The van der Waals surface area contributed by atoms with Gasteiger partial charge in [-0.15, -0.1) is 0 Å². The van der Waals surface area contributed by atoms with Crippen LogP contribution in [0.2, 0.25) is 0 Å². The van der Waals surface area contributed by atoms with Crippen LogP contribution >= 0.6 is 11.6 Å². The van der Waals surface area contributed by atoms with E-state index in [1.807, 2.05) is 4.98 Å². The highest BCUT2D eigenvalue weighted by atomic mass is 35.5. The molecule has 1 aromatic rings. The van der Waals surface area contributed by atoms with Gasteiger partial charge in [0.05, 0.1) is 6.10 Å². The molecular formula is C13H14ClFN2O5. The highest BCUT2D eigenvalue weighted by Crippen LogP contribution is 2.43. The van der Waals surface area contributed by atoms with Gasteiger partial charge in [0.15, 0.2) is 11.1 Å². The fourth-order valence-electron chi connectivity index (χ4n) is 2.27. The maximum absolute atomic E-state index is 12.3. The van der Waals surface area contributed by atoms with Crippen molar-refractivity contribution in [2.75, 3.05) is 6.67 Å². The fraction of sp³-hybridized carbons (Fsp3) is 0.538. The number of ether oxygens (including phenoxy) is 1. The molecule has 22 heavy (non-hydrogen) atoms. The second-order valence-electron chi connectivity index (χ2n) is 4.86. The van der Waals surface area contributed by atoms with Crippen LogP contribution in [0.3, 0.4) is 0 Å². The molecule has 1 aliphatic heterocycles. The quantitative estimate of drug-likeness (QED) is 0.482. The van der Waals surface area contributed by atoms with Crippen LogP contribution in [0.5, 0.6) is 0 Å². The van der Waals surface area contributed by atoms with Crippen molar-refractivity contribution < 1.29 is 19.3 Å². The first-order valence-corrected chi connectivity index (χ1v) is 6.77. The monoisotopic (exact) mass is 332 g/mol. The molecule has 1 unspecified atom stereocenters. The van der Waals surface area contributed by atoms with Crippen LogP contribution in [0, 0.1) is 11.8 Å². The van der Waals surface area contributed by atoms with E-state index in [1.165, 1.54) is 6.92 Å². The summed E-state index contributed by atoms with van der Waals surface area (Å²) in [5.74, 6) is 4.43. The first-order valence-electron chi connectivity index (χ1n) is 6.39. The molecule has 2 heterocycles. The van der Waals surface area contributed by atoms with Crippen molar-refractivity contribution in [3.8, 4) is 11.8 Å². The summed E-state index contributed by atoms with van der Waals surface area (Å²) in [6.07, 6.45) is -3.90. The van der Waals surface area contributed by atoms with E-state index in [0.29, 0.717) is 0 Å². The first-order chi connectivity index (χ1) is 10.3. The predicted molar refractivity (Wildman–Crippen MR) is 75.3 cm³/mol. The van der Waals surface area contributed by atoms with Crippen LogP contribution in [0.15, 0.2) is 21.9 Å². The third-order valence-corrected chi connectivity index (χ3v) is 3.82. The molecule has 1 aliphatic rings. The molecule has 0 amide bonds. The number of aromatic amines is 1. The van der Waals surface area contributed by atoms with E-state index >= 15 is 0 Å². The normalized spacial score (nSPS) is 32.3. The number of hydrogen-bond acceptors (Lipinski definition) is 5. The molecular weight excluding hydrogens is 319 g/mol. The predicted octanol–water partition coefficient (Wildman–Crippen LogP) is -0.874. The summed E-state index contributed by atoms with van der Waals surface area (Å²) in [6.45, 7) is 0.361. The van der Waals surface area contributed by atoms with Crippen molar-refractivity contribution in [1.29, 1.82) is 0 Å². The Hall–Kier alpha value is -1.66. The van der Waals surface area contributed by atoms with Crippen molar-refractivity contribution in [3.05, 3.63) is 33.1 Å². The molecule has 0 radical (unpaired) electrons. The molecule has 2 rings (SSSR count). The molecule has 9 heteroatoms. The summed E-state index contributed by atoms with van der Waals surface area (Å²) in [5.41, 5.74) is -1.45. The van der Waals surface area contributed by atoms with Crippen molar-refractivity contribution in [1.82, 2.24) is 9.55 Å². The summed E-state index contributed by atoms with van der Waals surface area (Å²) >= 11 is 6.27. The van der Waals surface area contributed by atoms with Gasteiger partial charge in [0, 0.05) is 12.3 Å². The third kappa shape index (κ3) is 2.80. The van der Waals surface area contributed by atoms with Gasteiger partial charge in [-0.1, -0.05) is 23.4 Å². The SMILES string of the molecule is C[C@H](O)[C@H]1O[C@@H](n2ccc(=O)[nH]c2=O)C(Cl)(C#CCF)[C@H]1O. The van der Waals surface area contributed by atoms with Crippen LogP contribution in [-0.2, 0) is 4.74 Å². The highest BCUT2D eigenvalue weighted by Gasteiger charge is 2.57. The van der Waals surface area contributed by atoms with E-state index in [4.69, 9.17) is 16.3 Å². The van der Waals surface area contributed by atoms with E-state index in [-0.39, 0.29) is 0 Å². The van der Waals surface area contributed by atoms with Crippen LogP contribution in [-0.4, -0.2) is 49.6 Å². The van der Waals surface area contributed by atoms with Gasteiger partial charge in [-0.2, -0.15) is 0 Å².